The maximum absolute atomic E-state index is 13.2. The molecular formula is C25H20N2O3. The van der Waals surface area contributed by atoms with Gasteiger partial charge in [0, 0.05) is 11.1 Å². The van der Waals surface area contributed by atoms with E-state index in [9.17, 15) is 4.79 Å². The molecule has 148 valence electrons. The van der Waals surface area contributed by atoms with Gasteiger partial charge in [0.25, 0.3) is 0 Å². The van der Waals surface area contributed by atoms with E-state index >= 15 is 0 Å². The highest BCUT2D eigenvalue weighted by Crippen LogP contribution is 2.35. The highest BCUT2D eigenvalue weighted by atomic mass is 16.5. The molecule has 0 heterocycles. The molecule has 0 saturated carbocycles. The zero-order chi connectivity index (χ0) is 20.9. The molecule has 0 bridgehead atoms. The summed E-state index contributed by atoms with van der Waals surface area (Å²) in [5.74, 6) is 1.77. The number of anilines is 2. The average molecular weight is 396 g/mol. The van der Waals surface area contributed by atoms with Crippen molar-refractivity contribution in [1.82, 2.24) is 0 Å². The van der Waals surface area contributed by atoms with Crippen molar-refractivity contribution in [2.75, 3.05) is 11.5 Å². The molecule has 0 atom stereocenters. The van der Waals surface area contributed by atoms with Gasteiger partial charge >= 0.3 is 0 Å². The van der Waals surface area contributed by atoms with E-state index in [0.717, 1.165) is 0 Å². The van der Waals surface area contributed by atoms with Crippen molar-refractivity contribution in [3.05, 3.63) is 108 Å². The molecule has 0 aliphatic carbocycles. The Hall–Kier alpha value is -4.25. The van der Waals surface area contributed by atoms with Gasteiger partial charge in [-0.2, -0.15) is 0 Å². The van der Waals surface area contributed by atoms with E-state index in [1.807, 2.05) is 60.7 Å². The predicted molar refractivity (Wildman–Crippen MR) is 118 cm³/mol. The molecule has 4 aromatic rings. The van der Waals surface area contributed by atoms with Crippen LogP contribution >= 0.6 is 0 Å². The lowest BCUT2D eigenvalue weighted by Crippen LogP contribution is -2.09. The van der Waals surface area contributed by atoms with Gasteiger partial charge in [0.1, 0.15) is 11.5 Å². The van der Waals surface area contributed by atoms with Crippen molar-refractivity contribution in [2.24, 2.45) is 0 Å². The van der Waals surface area contributed by atoms with Crippen LogP contribution in [0.3, 0.4) is 0 Å². The molecule has 0 amide bonds. The molecule has 0 unspecified atom stereocenters. The van der Waals surface area contributed by atoms with Crippen molar-refractivity contribution in [2.45, 2.75) is 0 Å². The van der Waals surface area contributed by atoms with E-state index in [4.69, 9.17) is 20.9 Å². The zero-order valence-electron chi connectivity index (χ0n) is 16.1. The van der Waals surface area contributed by atoms with E-state index in [2.05, 4.69) is 0 Å². The minimum absolute atomic E-state index is 0.250. The van der Waals surface area contributed by atoms with Crippen LogP contribution in [-0.4, -0.2) is 5.78 Å². The van der Waals surface area contributed by atoms with Crippen LogP contribution in [0, 0.1) is 0 Å². The van der Waals surface area contributed by atoms with Gasteiger partial charge in [0.05, 0.1) is 11.4 Å². The number of hydrogen-bond donors (Lipinski definition) is 2. The number of hydrogen-bond acceptors (Lipinski definition) is 5. The summed E-state index contributed by atoms with van der Waals surface area (Å²) in [5.41, 5.74) is 13.7. The summed E-state index contributed by atoms with van der Waals surface area (Å²) in [6.45, 7) is 0. The maximum atomic E-state index is 13.2. The van der Waals surface area contributed by atoms with Gasteiger partial charge in [0.15, 0.2) is 17.3 Å². The normalized spacial score (nSPS) is 10.4. The highest BCUT2D eigenvalue weighted by Gasteiger charge is 2.20. The molecule has 0 fully saturated rings. The third-order valence-electron chi connectivity index (χ3n) is 4.56. The minimum atomic E-state index is -0.304. The molecule has 4 rings (SSSR count). The quantitative estimate of drug-likeness (QED) is 0.324. The fourth-order valence-corrected chi connectivity index (χ4v) is 3.04. The van der Waals surface area contributed by atoms with Crippen LogP contribution in [0.15, 0.2) is 97.1 Å². The molecule has 0 spiro atoms. The first-order valence-corrected chi connectivity index (χ1v) is 9.41. The number of benzene rings is 4. The summed E-state index contributed by atoms with van der Waals surface area (Å²) in [5, 5.41) is 0. The van der Waals surface area contributed by atoms with Crippen LogP contribution in [0.4, 0.5) is 11.4 Å². The largest absolute Gasteiger partial charge is 0.455 e. The Kier molecular flexibility index (Phi) is 5.35. The number of para-hydroxylation sites is 4. The third kappa shape index (κ3) is 3.95. The predicted octanol–water partition coefficient (Wildman–Crippen LogP) is 5.67. The van der Waals surface area contributed by atoms with Crippen molar-refractivity contribution >= 4 is 17.2 Å². The van der Waals surface area contributed by atoms with Gasteiger partial charge in [-0.05, 0) is 48.5 Å². The summed E-state index contributed by atoms with van der Waals surface area (Å²) in [6.07, 6.45) is 0. The number of ketones is 1. The lowest BCUT2D eigenvalue weighted by Gasteiger charge is -2.14. The first-order chi connectivity index (χ1) is 14.6. The topological polar surface area (TPSA) is 87.6 Å². The zero-order valence-corrected chi connectivity index (χ0v) is 16.1. The average Bonchev–Trinajstić information content (AvgIpc) is 2.78. The summed E-state index contributed by atoms with van der Waals surface area (Å²) in [6, 6.07) is 28.7. The van der Waals surface area contributed by atoms with E-state index < -0.39 is 0 Å². The summed E-state index contributed by atoms with van der Waals surface area (Å²) in [4.78, 5) is 13.2. The molecule has 0 saturated heterocycles. The Morgan fingerprint density at radius 1 is 0.533 bits per heavy atom. The second-order valence-corrected chi connectivity index (χ2v) is 6.59. The number of carbonyl (C=O) groups is 1. The molecule has 5 heteroatoms. The smallest absolute Gasteiger partial charge is 0.197 e. The Labute approximate surface area is 174 Å². The van der Waals surface area contributed by atoms with Crippen LogP contribution in [0.2, 0.25) is 0 Å². The molecule has 4 N–H and O–H groups in total. The molecule has 0 aromatic heterocycles. The number of nitrogens with two attached hydrogens (primary N) is 2. The molecule has 4 aromatic carbocycles. The Bertz CT molecular complexity index is 1080. The second-order valence-electron chi connectivity index (χ2n) is 6.59. The fraction of sp³-hybridized carbons (Fsp3) is 0. The lowest BCUT2D eigenvalue weighted by atomic mass is 9.99. The minimum Gasteiger partial charge on any atom is -0.455 e. The fourth-order valence-electron chi connectivity index (χ4n) is 3.04. The van der Waals surface area contributed by atoms with Gasteiger partial charge < -0.3 is 20.9 Å². The van der Waals surface area contributed by atoms with Crippen LogP contribution in [0.5, 0.6) is 23.0 Å². The van der Waals surface area contributed by atoms with Crippen LogP contribution in [0.25, 0.3) is 0 Å². The Morgan fingerprint density at radius 3 is 1.33 bits per heavy atom. The van der Waals surface area contributed by atoms with E-state index in [-0.39, 0.29) is 17.2 Å². The van der Waals surface area contributed by atoms with Crippen LogP contribution in [-0.2, 0) is 0 Å². The summed E-state index contributed by atoms with van der Waals surface area (Å²) < 4.78 is 11.7. The highest BCUT2D eigenvalue weighted by molar-refractivity contribution is 6.15. The first kappa shape index (κ1) is 19.1. The molecule has 30 heavy (non-hydrogen) atoms. The van der Waals surface area contributed by atoms with Crippen molar-refractivity contribution in [1.29, 1.82) is 0 Å². The molecule has 0 aliphatic rings. The SMILES string of the molecule is Nc1c(Oc2ccccc2)cccc1C(=O)c1cccc(Oc2ccccc2)c1N. The van der Waals surface area contributed by atoms with Gasteiger partial charge in [-0.25, -0.2) is 0 Å². The molecule has 5 nitrogen and oxygen atoms in total. The van der Waals surface area contributed by atoms with E-state index in [1.54, 1.807) is 36.4 Å². The van der Waals surface area contributed by atoms with Crippen molar-refractivity contribution in [3.8, 4) is 23.0 Å². The number of nitrogen functional groups attached to an aromatic ring is 2. The number of rotatable bonds is 6. The van der Waals surface area contributed by atoms with Gasteiger partial charge in [-0.1, -0.05) is 48.5 Å². The van der Waals surface area contributed by atoms with Gasteiger partial charge in [0.2, 0.25) is 0 Å². The third-order valence-corrected chi connectivity index (χ3v) is 4.56. The maximum Gasteiger partial charge on any atom is 0.197 e. The summed E-state index contributed by atoms with van der Waals surface area (Å²) >= 11 is 0. The first-order valence-electron chi connectivity index (χ1n) is 9.41. The molecule has 0 aliphatic heterocycles. The van der Waals surface area contributed by atoms with Crippen molar-refractivity contribution < 1.29 is 14.3 Å². The Morgan fingerprint density at radius 2 is 0.933 bits per heavy atom. The van der Waals surface area contributed by atoms with E-state index in [0.29, 0.717) is 34.1 Å². The van der Waals surface area contributed by atoms with Crippen LogP contribution < -0.4 is 20.9 Å². The van der Waals surface area contributed by atoms with Crippen molar-refractivity contribution in [3.63, 3.8) is 0 Å². The lowest BCUT2D eigenvalue weighted by molar-refractivity contribution is 0.104. The van der Waals surface area contributed by atoms with Crippen LogP contribution in [0.1, 0.15) is 15.9 Å². The number of ether oxygens (including phenoxy) is 2. The molecular weight excluding hydrogens is 376 g/mol. The molecule has 0 radical (unpaired) electrons. The monoisotopic (exact) mass is 396 g/mol. The Balaban J connectivity index is 1.65. The summed E-state index contributed by atoms with van der Waals surface area (Å²) in [7, 11) is 0. The standard InChI is InChI=1S/C25H20N2O3/c26-23-19(13-7-15-21(23)29-17-9-3-1-4-10-17)25(28)20-14-8-16-22(24(20)27)30-18-11-5-2-6-12-18/h1-16H,26-27H2. The van der Waals surface area contributed by atoms with Gasteiger partial charge in [-0.15, -0.1) is 0 Å². The van der Waals surface area contributed by atoms with Gasteiger partial charge in [-0.3, -0.25) is 4.79 Å². The number of carbonyl (C=O) groups excluding carboxylic acids is 1. The second kappa shape index (κ2) is 8.41. The van der Waals surface area contributed by atoms with E-state index in [1.165, 1.54) is 0 Å².